The van der Waals surface area contributed by atoms with Gasteiger partial charge in [-0.1, -0.05) is 24.6 Å². The lowest BCUT2D eigenvalue weighted by atomic mass is 10.0. The molecule has 0 aliphatic carbocycles. The van der Waals surface area contributed by atoms with Crippen LogP contribution in [0.4, 0.5) is 10.5 Å². The number of rotatable bonds is 8. The van der Waals surface area contributed by atoms with Crippen molar-refractivity contribution < 1.29 is 23.9 Å². The lowest BCUT2D eigenvalue weighted by Gasteiger charge is -2.34. The Morgan fingerprint density at radius 1 is 0.974 bits per heavy atom. The van der Waals surface area contributed by atoms with E-state index in [9.17, 15) is 14.4 Å². The van der Waals surface area contributed by atoms with E-state index in [1.807, 2.05) is 42.2 Å². The summed E-state index contributed by atoms with van der Waals surface area (Å²) in [5, 5.41) is 2.80. The van der Waals surface area contributed by atoms with Gasteiger partial charge >= 0.3 is 12.0 Å². The van der Waals surface area contributed by atoms with Gasteiger partial charge in [-0.2, -0.15) is 0 Å². The fraction of sp³-hybridized carbons (Fsp3) is 0.500. The van der Waals surface area contributed by atoms with E-state index >= 15 is 0 Å². The van der Waals surface area contributed by atoms with Gasteiger partial charge in [0, 0.05) is 56.8 Å². The van der Waals surface area contributed by atoms with Crippen molar-refractivity contribution in [2.75, 3.05) is 44.2 Å². The first-order chi connectivity index (χ1) is 19.0. The number of nitrogens with zero attached hydrogens (tertiary/aromatic N) is 3. The number of hydrogen-bond acceptors (Lipinski definition) is 6. The molecule has 3 saturated heterocycles. The highest BCUT2D eigenvalue weighted by atomic mass is 16.5. The van der Waals surface area contributed by atoms with Gasteiger partial charge in [-0.25, -0.2) is 4.79 Å². The summed E-state index contributed by atoms with van der Waals surface area (Å²) in [6.45, 7) is 6.27. The second-order valence-electron chi connectivity index (χ2n) is 10.4. The van der Waals surface area contributed by atoms with Gasteiger partial charge in [-0.3, -0.25) is 19.4 Å². The number of amides is 3. The molecule has 3 aliphatic heterocycles. The molecular weight excluding hydrogens is 496 g/mol. The lowest BCUT2D eigenvalue weighted by molar-refractivity contribution is -0.151. The van der Waals surface area contributed by atoms with Crippen LogP contribution in [0.5, 0.6) is 5.75 Å². The van der Waals surface area contributed by atoms with Crippen LogP contribution in [0.3, 0.4) is 0 Å². The van der Waals surface area contributed by atoms with Crippen molar-refractivity contribution in [2.45, 2.75) is 57.7 Å². The highest BCUT2D eigenvalue weighted by molar-refractivity contribution is 5.98. The molecule has 3 heterocycles. The van der Waals surface area contributed by atoms with E-state index in [0.29, 0.717) is 44.9 Å². The minimum atomic E-state index is -0.182. The van der Waals surface area contributed by atoms with Gasteiger partial charge in [-0.15, -0.1) is 0 Å². The number of ether oxygens (including phenoxy) is 2. The van der Waals surface area contributed by atoms with E-state index in [4.69, 9.17) is 9.47 Å². The van der Waals surface area contributed by atoms with Crippen molar-refractivity contribution in [3.05, 3.63) is 59.7 Å². The Hall–Kier alpha value is -3.59. The van der Waals surface area contributed by atoms with E-state index in [1.165, 1.54) is 0 Å². The second kappa shape index (κ2) is 12.5. The Morgan fingerprint density at radius 2 is 1.79 bits per heavy atom. The third-order valence-electron chi connectivity index (χ3n) is 7.75. The summed E-state index contributed by atoms with van der Waals surface area (Å²) in [5.74, 6) is 0.673. The van der Waals surface area contributed by atoms with Crippen LogP contribution in [0.1, 0.15) is 54.9 Å². The zero-order chi connectivity index (χ0) is 27.2. The average molecular weight is 535 g/mol. The Balaban J connectivity index is 1.15. The van der Waals surface area contributed by atoms with Crippen LogP contribution in [0.25, 0.3) is 0 Å². The maximum absolute atomic E-state index is 13.2. The molecule has 3 amide bonds. The number of carbonyl (C=O) groups is 3. The van der Waals surface area contributed by atoms with E-state index in [0.717, 1.165) is 55.6 Å². The van der Waals surface area contributed by atoms with Crippen molar-refractivity contribution in [1.29, 1.82) is 0 Å². The first kappa shape index (κ1) is 27.0. The third-order valence-corrected chi connectivity index (χ3v) is 7.75. The van der Waals surface area contributed by atoms with Crippen LogP contribution < -0.4 is 15.0 Å². The summed E-state index contributed by atoms with van der Waals surface area (Å²) in [5.41, 5.74) is 2.45. The molecular formula is C30H38N4O5. The van der Waals surface area contributed by atoms with Crippen LogP contribution in [0.2, 0.25) is 0 Å². The highest BCUT2D eigenvalue weighted by Crippen LogP contribution is 2.25. The number of piperidine rings is 2. The quantitative estimate of drug-likeness (QED) is 0.518. The van der Waals surface area contributed by atoms with Crippen molar-refractivity contribution in [1.82, 2.24) is 15.1 Å². The number of carbonyl (C=O) groups excluding carboxylic acids is 3. The molecule has 0 spiro atoms. The molecule has 0 saturated carbocycles. The highest BCUT2D eigenvalue weighted by Gasteiger charge is 2.30. The van der Waals surface area contributed by atoms with Crippen LogP contribution in [-0.4, -0.2) is 79.2 Å². The molecule has 0 radical (unpaired) electrons. The topological polar surface area (TPSA) is 91.4 Å². The van der Waals surface area contributed by atoms with Crippen molar-refractivity contribution in [3.63, 3.8) is 0 Å². The molecule has 3 aliphatic rings. The minimum absolute atomic E-state index is 0.0189. The Morgan fingerprint density at radius 3 is 2.56 bits per heavy atom. The van der Waals surface area contributed by atoms with Gasteiger partial charge in [0.1, 0.15) is 17.9 Å². The fourth-order valence-electron chi connectivity index (χ4n) is 5.71. The monoisotopic (exact) mass is 534 g/mol. The van der Waals surface area contributed by atoms with E-state index < -0.39 is 0 Å². The largest absolute Gasteiger partial charge is 0.490 e. The Bertz CT molecular complexity index is 1180. The average Bonchev–Trinajstić information content (AvgIpc) is 3.39. The molecule has 1 atom stereocenters. The number of esters is 1. The Labute approximate surface area is 230 Å². The first-order valence-corrected chi connectivity index (χ1v) is 14.1. The molecule has 208 valence electrons. The molecule has 3 fully saturated rings. The van der Waals surface area contributed by atoms with Crippen molar-refractivity contribution >= 4 is 23.6 Å². The number of anilines is 1. The molecule has 0 unspecified atom stereocenters. The predicted molar refractivity (Wildman–Crippen MR) is 148 cm³/mol. The fourth-order valence-corrected chi connectivity index (χ4v) is 5.71. The molecule has 0 aromatic heterocycles. The van der Waals surface area contributed by atoms with Gasteiger partial charge in [0.2, 0.25) is 0 Å². The number of nitrogens with one attached hydrogen (secondary N) is 1. The molecule has 0 bridgehead atoms. The summed E-state index contributed by atoms with van der Waals surface area (Å²) in [7, 11) is 0. The van der Waals surface area contributed by atoms with Gasteiger partial charge in [0.15, 0.2) is 0 Å². The van der Waals surface area contributed by atoms with Crippen molar-refractivity contribution in [3.8, 4) is 5.75 Å². The minimum Gasteiger partial charge on any atom is -0.490 e. The summed E-state index contributed by atoms with van der Waals surface area (Å²) < 4.78 is 11.6. The maximum atomic E-state index is 13.2. The molecule has 9 nitrogen and oxygen atoms in total. The normalized spacial score (nSPS) is 20.5. The molecule has 2 aromatic rings. The second-order valence-corrected chi connectivity index (χ2v) is 10.4. The summed E-state index contributed by atoms with van der Waals surface area (Å²) in [6, 6.07) is 15.1. The maximum Gasteiger partial charge on any atom is 0.323 e. The van der Waals surface area contributed by atoms with Gasteiger partial charge < -0.3 is 19.7 Å². The number of hydrogen-bond donors (Lipinski definition) is 1. The number of benzene rings is 2. The summed E-state index contributed by atoms with van der Waals surface area (Å²) in [4.78, 5) is 43.4. The Kier molecular flexibility index (Phi) is 8.66. The predicted octanol–water partition coefficient (Wildman–Crippen LogP) is 3.82. The first-order valence-electron chi connectivity index (χ1n) is 14.1. The number of likely N-dealkylation sites (tertiary alicyclic amines) is 2. The zero-order valence-corrected chi connectivity index (χ0v) is 22.6. The van der Waals surface area contributed by atoms with Crippen LogP contribution in [0.15, 0.2) is 48.5 Å². The van der Waals surface area contributed by atoms with E-state index in [2.05, 4.69) is 22.3 Å². The lowest BCUT2D eigenvalue weighted by Crippen LogP contribution is -2.44. The molecule has 5 rings (SSSR count). The molecule has 39 heavy (non-hydrogen) atoms. The summed E-state index contributed by atoms with van der Waals surface area (Å²) >= 11 is 0. The molecule has 1 N–H and O–H groups in total. The van der Waals surface area contributed by atoms with Crippen LogP contribution in [0, 0.1) is 0 Å². The zero-order valence-electron chi connectivity index (χ0n) is 22.6. The smallest absolute Gasteiger partial charge is 0.323 e. The van der Waals surface area contributed by atoms with E-state index in [1.54, 1.807) is 11.0 Å². The van der Waals surface area contributed by atoms with Crippen LogP contribution >= 0.6 is 0 Å². The van der Waals surface area contributed by atoms with Gasteiger partial charge in [-0.05, 0) is 62.2 Å². The third kappa shape index (κ3) is 6.53. The SMILES string of the molecule is CCOC(=O)[C@H]1CCCCN1Cc1cccc(OC2CCN(C(=O)c3cccc(N4CCNC4=O)c3)CC2)c1. The van der Waals surface area contributed by atoms with E-state index in [-0.39, 0.29) is 30.1 Å². The van der Waals surface area contributed by atoms with Gasteiger partial charge in [0.05, 0.1) is 6.61 Å². The molecule has 2 aromatic carbocycles. The van der Waals surface area contributed by atoms with Crippen molar-refractivity contribution in [2.24, 2.45) is 0 Å². The number of urea groups is 1. The molecule has 9 heteroatoms. The van der Waals surface area contributed by atoms with Crippen LogP contribution in [-0.2, 0) is 16.1 Å². The van der Waals surface area contributed by atoms with Gasteiger partial charge in [0.25, 0.3) is 5.91 Å². The summed E-state index contributed by atoms with van der Waals surface area (Å²) in [6.07, 6.45) is 4.51. The standard InChI is InChI=1S/C30H38N4O5/c1-2-38-29(36)27-11-3-4-15-33(27)21-22-7-5-10-26(19-22)39-25-12-16-32(17-13-25)28(35)23-8-6-9-24(20-23)34-18-14-31-30(34)37/h5-10,19-20,25,27H,2-4,11-18,21H2,1H3,(H,31,37)/t27-/m1/s1.